The van der Waals surface area contributed by atoms with Crippen LogP contribution in [0.25, 0.3) is 11.0 Å². The van der Waals surface area contributed by atoms with E-state index in [1.54, 1.807) is 24.3 Å². The highest BCUT2D eigenvalue weighted by Crippen LogP contribution is 2.24. The minimum Gasteiger partial charge on any atom is -0.455 e. The van der Waals surface area contributed by atoms with Crippen LogP contribution < -0.4 is 5.32 Å². The van der Waals surface area contributed by atoms with Gasteiger partial charge in [-0.25, -0.2) is 4.98 Å². The Labute approximate surface area is 172 Å². The van der Waals surface area contributed by atoms with Crippen LogP contribution in [-0.4, -0.2) is 33.8 Å². The molecule has 8 heteroatoms. The van der Waals surface area contributed by atoms with E-state index in [9.17, 15) is 9.59 Å². The highest BCUT2D eigenvalue weighted by Gasteiger charge is 2.14. The highest BCUT2D eigenvalue weighted by molar-refractivity contribution is 7.99. The summed E-state index contributed by atoms with van der Waals surface area (Å²) in [5.74, 6) is -0.842. The second kappa shape index (κ2) is 9.61. The van der Waals surface area contributed by atoms with Crippen LogP contribution in [0.5, 0.6) is 0 Å². The summed E-state index contributed by atoms with van der Waals surface area (Å²) in [6.07, 6.45) is 0.959. The third-order valence-electron chi connectivity index (χ3n) is 3.90. The molecule has 0 fully saturated rings. The summed E-state index contributed by atoms with van der Waals surface area (Å²) in [6.45, 7) is 2.54. The van der Waals surface area contributed by atoms with Crippen molar-refractivity contribution in [3.05, 3.63) is 53.6 Å². The number of thioether (sulfide) groups is 1. The largest absolute Gasteiger partial charge is 0.455 e. The number of aromatic nitrogens is 2. The quantitative estimate of drug-likeness (QED) is 0.435. The first kappa shape index (κ1) is 20.2. The van der Waals surface area contributed by atoms with Crippen molar-refractivity contribution in [2.45, 2.75) is 25.0 Å². The third-order valence-corrected chi connectivity index (χ3v) is 5.18. The number of nitrogens with one attached hydrogen (secondary N) is 1. The van der Waals surface area contributed by atoms with Gasteiger partial charge in [-0.3, -0.25) is 9.59 Å². The number of rotatable bonds is 8. The standard InChI is InChI=1S/C20H20ClN3O3S/c1-2-11-24-17-10-6-5-9-16(17)23-20(24)28-13-19(26)27-12-18(25)22-15-8-4-3-7-14(15)21/h3-10H,2,11-13H2,1H3,(H,22,25). The van der Waals surface area contributed by atoms with Gasteiger partial charge in [-0.15, -0.1) is 0 Å². The molecule has 0 aliphatic rings. The van der Waals surface area contributed by atoms with Gasteiger partial charge in [-0.2, -0.15) is 0 Å². The van der Waals surface area contributed by atoms with E-state index >= 15 is 0 Å². The maximum absolute atomic E-state index is 12.0. The smallest absolute Gasteiger partial charge is 0.316 e. The van der Waals surface area contributed by atoms with Gasteiger partial charge in [0.15, 0.2) is 11.8 Å². The Morgan fingerprint density at radius 1 is 1.18 bits per heavy atom. The predicted octanol–water partition coefficient (Wildman–Crippen LogP) is 4.37. The minimum absolute atomic E-state index is 0.0758. The van der Waals surface area contributed by atoms with E-state index in [1.807, 2.05) is 24.3 Å². The summed E-state index contributed by atoms with van der Waals surface area (Å²) in [5.41, 5.74) is 2.41. The fraction of sp³-hybridized carbons (Fsp3) is 0.250. The number of halogens is 1. The zero-order chi connectivity index (χ0) is 19.9. The first-order valence-electron chi connectivity index (χ1n) is 8.86. The molecule has 1 heterocycles. The highest BCUT2D eigenvalue weighted by atomic mass is 35.5. The lowest BCUT2D eigenvalue weighted by molar-refractivity contribution is -0.144. The van der Waals surface area contributed by atoms with Gasteiger partial charge < -0.3 is 14.6 Å². The molecule has 2 aromatic carbocycles. The maximum Gasteiger partial charge on any atom is 0.316 e. The number of carbonyl (C=O) groups is 2. The first-order valence-corrected chi connectivity index (χ1v) is 10.2. The van der Waals surface area contributed by atoms with Crippen LogP contribution in [0.15, 0.2) is 53.7 Å². The lowest BCUT2D eigenvalue weighted by Crippen LogP contribution is -2.21. The summed E-state index contributed by atoms with van der Waals surface area (Å²) >= 11 is 7.29. The van der Waals surface area contributed by atoms with Crippen molar-refractivity contribution in [1.82, 2.24) is 9.55 Å². The number of nitrogens with zero attached hydrogens (tertiary/aromatic N) is 2. The Morgan fingerprint density at radius 3 is 2.71 bits per heavy atom. The third kappa shape index (κ3) is 5.05. The number of hydrogen-bond acceptors (Lipinski definition) is 5. The van der Waals surface area contributed by atoms with Crippen LogP contribution in [-0.2, 0) is 20.9 Å². The molecule has 146 valence electrons. The van der Waals surface area contributed by atoms with E-state index < -0.39 is 11.9 Å². The monoisotopic (exact) mass is 417 g/mol. The normalized spacial score (nSPS) is 10.8. The Hall–Kier alpha value is -2.51. The fourth-order valence-corrected chi connectivity index (χ4v) is 3.68. The number of imidazole rings is 1. The number of carbonyl (C=O) groups excluding carboxylic acids is 2. The van der Waals surface area contributed by atoms with Crippen molar-refractivity contribution < 1.29 is 14.3 Å². The van der Waals surface area contributed by atoms with Crippen LogP contribution in [0.4, 0.5) is 5.69 Å². The molecule has 0 aliphatic carbocycles. The predicted molar refractivity (Wildman–Crippen MR) is 112 cm³/mol. The molecule has 1 N–H and O–H groups in total. The molecule has 1 aromatic heterocycles. The second-order valence-corrected chi connectivity index (χ2v) is 7.36. The number of aryl methyl sites for hydroxylation is 1. The van der Waals surface area contributed by atoms with Gasteiger partial charge in [0.05, 0.1) is 27.5 Å². The van der Waals surface area contributed by atoms with E-state index in [1.165, 1.54) is 11.8 Å². The van der Waals surface area contributed by atoms with Gasteiger partial charge in [-0.05, 0) is 30.7 Å². The molecule has 28 heavy (non-hydrogen) atoms. The van der Waals surface area contributed by atoms with Crippen LogP contribution in [0.1, 0.15) is 13.3 Å². The maximum atomic E-state index is 12.0. The van der Waals surface area contributed by atoms with E-state index in [0.717, 1.165) is 29.2 Å². The lowest BCUT2D eigenvalue weighted by Gasteiger charge is -2.09. The Balaban J connectivity index is 1.53. The second-order valence-electron chi connectivity index (χ2n) is 6.01. The summed E-state index contributed by atoms with van der Waals surface area (Å²) in [5, 5.41) is 3.80. The zero-order valence-electron chi connectivity index (χ0n) is 15.4. The van der Waals surface area contributed by atoms with Gasteiger partial charge in [0.1, 0.15) is 0 Å². The summed E-state index contributed by atoms with van der Waals surface area (Å²) in [6, 6.07) is 14.7. The Kier molecular flexibility index (Phi) is 6.95. The molecule has 0 saturated heterocycles. The van der Waals surface area contributed by atoms with Crippen molar-refractivity contribution in [2.24, 2.45) is 0 Å². The number of fused-ring (bicyclic) bond motifs is 1. The molecule has 0 saturated carbocycles. The lowest BCUT2D eigenvalue weighted by atomic mass is 10.3. The van der Waals surface area contributed by atoms with Crippen LogP contribution in [0.3, 0.4) is 0 Å². The van der Waals surface area contributed by atoms with E-state index in [4.69, 9.17) is 16.3 Å². The Bertz CT molecular complexity index is 990. The fourth-order valence-electron chi connectivity index (χ4n) is 2.66. The SMILES string of the molecule is CCCn1c(SCC(=O)OCC(=O)Nc2ccccc2Cl)nc2ccccc21. The van der Waals surface area contributed by atoms with Crippen molar-refractivity contribution in [2.75, 3.05) is 17.7 Å². The van der Waals surface area contributed by atoms with Gasteiger partial charge >= 0.3 is 5.97 Å². The number of ether oxygens (including phenoxy) is 1. The van der Waals surface area contributed by atoms with Crippen LogP contribution in [0.2, 0.25) is 5.02 Å². The summed E-state index contributed by atoms with van der Waals surface area (Å²) in [7, 11) is 0. The first-order chi connectivity index (χ1) is 13.6. The number of hydrogen-bond donors (Lipinski definition) is 1. The minimum atomic E-state index is -0.477. The van der Waals surface area contributed by atoms with Crippen molar-refractivity contribution >= 4 is 52.0 Å². The summed E-state index contributed by atoms with van der Waals surface area (Å²) in [4.78, 5) is 28.6. The molecule has 0 bridgehead atoms. The number of para-hydroxylation sites is 3. The molecular weight excluding hydrogens is 398 g/mol. The summed E-state index contributed by atoms with van der Waals surface area (Å²) < 4.78 is 7.15. The van der Waals surface area contributed by atoms with Gasteiger partial charge in [0, 0.05) is 6.54 Å². The van der Waals surface area contributed by atoms with Crippen LogP contribution in [0, 0.1) is 0 Å². The van der Waals surface area contributed by atoms with Gasteiger partial charge in [-0.1, -0.05) is 54.6 Å². The topological polar surface area (TPSA) is 73.2 Å². The van der Waals surface area contributed by atoms with Crippen molar-refractivity contribution in [3.63, 3.8) is 0 Å². The molecular formula is C20H20ClN3O3S. The van der Waals surface area contributed by atoms with Crippen LogP contribution >= 0.6 is 23.4 Å². The van der Waals surface area contributed by atoms with E-state index in [0.29, 0.717) is 10.7 Å². The van der Waals surface area contributed by atoms with Crippen molar-refractivity contribution in [3.8, 4) is 0 Å². The van der Waals surface area contributed by atoms with Crippen molar-refractivity contribution in [1.29, 1.82) is 0 Å². The average molecular weight is 418 g/mol. The molecule has 0 aliphatic heterocycles. The van der Waals surface area contributed by atoms with E-state index in [-0.39, 0.29) is 12.4 Å². The molecule has 0 spiro atoms. The number of anilines is 1. The van der Waals surface area contributed by atoms with Gasteiger partial charge in [0.25, 0.3) is 5.91 Å². The Morgan fingerprint density at radius 2 is 1.93 bits per heavy atom. The molecule has 3 aromatic rings. The molecule has 6 nitrogen and oxygen atoms in total. The molecule has 0 unspecified atom stereocenters. The number of amides is 1. The number of esters is 1. The van der Waals surface area contributed by atoms with Gasteiger partial charge in [0.2, 0.25) is 0 Å². The zero-order valence-corrected chi connectivity index (χ0v) is 16.9. The van der Waals surface area contributed by atoms with E-state index in [2.05, 4.69) is 21.8 Å². The molecule has 3 rings (SSSR count). The molecule has 0 radical (unpaired) electrons. The molecule has 0 atom stereocenters. The average Bonchev–Trinajstić information content (AvgIpc) is 3.04. The number of benzene rings is 2. The molecule has 1 amide bonds.